The number of anilines is 3. The average Bonchev–Trinajstić information content (AvgIpc) is 2.90. The second-order valence-corrected chi connectivity index (χ2v) is 5.11. The number of para-hydroxylation sites is 2. The molecule has 4 aromatic rings. The normalized spacial score (nSPS) is 11.0. The largest absolute Gasteiger partial charge is 0.397 e. The Kier molecular flexibility index (Phi) is 2.57. The highest BCUT2D eigenvalue weighted by molar-refractivity contribution is 6.13. The van der Waals surface area contributed by atoms with Crippen molar-refractivity contribution in [3.63, 3.8) is 0 Å². The predicted octanol–water partition coefficient (Wildman–Crippen LogP) is 4.65. The van der Waals surface area contributed by atoms with Gasteiger partial charge in [0, 0.05) is 22.0 Å². The van der Waals surface area contributed by atoms with E-state index in [1.807, 2.05) is 42.5 Å². The van der Waals surface area contributed by atoms with Crippen molar-refractivity contribution in [2.45, 2.75) is 0 Å². The molecule has 0 aliphatic rings. The van der Waals surface area contributed by atoms with Crippen molar-refractivity contribution < 1.29 is 0 Å². The van der Waals surface area contributed by atoms with Gasteiger partial charge >= 0.3 is 0 Å². The molecular weight excluding hydrogens is 258 g/mol. The summed E-state index contributed by atoms with van der Waals surface area (Å²) in [7, 11) is 0. The van der Waals surface area contributed by atoms with Crippen molar-refractivity contribution in [2.75, 3.05) is 11.1 Å². The van der Waals surface area contributed by atoms with E-state index in [-0.39, 0.29) is 0 Å². The Bertz CT molecular complexity index is 923. The van der Waals surface area contributed by atoms with Crippen molar-refractivity contribution in [1.82, 2.24) is 4.98 Å². The van der Waals surface area contributed by atoms with Crippen LogP contribution in [0.25, 0.3) is 21.8 Å². The van der Waals surface area contributed by atoms with Crippen LogP contribution in [0.5, 0.6) is 0 Å². The summed E-state index contributed by atoms with van der Waals surface area (Å²) in [6.45, 7) is 0. The molecule has 0 aliphatic heterocycles. The lowest BCUT2D eigenvalue weighted by Crippen LogP contribution is -1.97. The smallest absolute Gasteiger partial charge is 0.0863 e. The molecule has 0 aliphatic carbocycles. The summed E-state index contributed by atoms with van der Waals surface area (Å²) < 4.78 is 0. The number of nitrogen functional groups attached to an aromatic ring is 1. The Morgan fingerprint density at radius 3 is 2.38 bits per heavy atom. The van der Waals surface area contributed by atoms with Gasteiger partial charge in [0.15, 0.2) is 0 Å². The first-order valence-corrected chi connectivity index (χ1v) is 6.94. The SMILES string of the molecule is Nc1ccc2c([nH]c3ccccc32)c1Nc1ccccc1. The number of benzene rings is 3. The first-order valence-electron chi connectivity index (χ1n) is 6.94. The Balaban J connectivity index is 1.97. The molecule has 4 rings (SSSR count). The molecule has 3 heteroatoms. The summed E-state index contributed by atoms with van der Waals surface area (Å²) in [6.07, 6.45) is 0. The fourth-order valence-electron chi connectivity index (χ4n) is 2.74. The molecule has 0 spiro atoms. The molecule has 1 aromatic heterocycles. The number of H-pyrrole nitrogens is 1. The van der Waals surface area contributed by atoms with E-state index in [4.69, 9.17) is 5.73 Å². The topological polar surface area (TPSA) is 53.8 Å². The van der Waals surface area contributed by atoms with Gasteiger partial charge in [-0.2, -0.15) is 0 Å². The molecule has 1 heterocycles. The van der Waals surface area contributed by atoms with E-state index >= 15 is 0 Å². The highest BCUT2D eigenvalue weighted by atomic mass is 14.9. The quantitative estimate of drug-likeness (QED) is 0.466. The Morgan fingerprint density at radius 2 is 1.52 bits per heavy atom. The second kappa shape index (κ2) is 4.56. The van der Waals surface area contributed by atoms with Crippen LogP contribution < -0.4 is 11.1 Å². The fourth-order valence-corrected chi connectivity index (χ4v) is 2.74. The molecule has 0 radical (unpaired) electrons. The van der Waals surface area contributed by atoms with E-state index in [1.54, 1.807) is 0 Å². The summed E-state index contributed by atoms with van der Waals surface area (Å²) in [4.78, 5) is 3.47. The lowest BCUT2D eigenvalue weighted by molar-refractivity contribution is 1.51. The minimum atomic E-state index is 0.734. The molecule has 0 saturated heterocycles. The van der Waals surface area contributed by atoms with Crippen molar-refractivity contribution in [3.8, 4) is 0 Å². The van der Waals surface area contributed by atoms with E-state index in [2.05, 4.69) is 34.6 Å². The number of aromatic nitrogens is 1. The average molecular weight is 273 g/mol. The molecule has 0 fully saturated rings. The zero-order valence-corrected chi connectivity index (χ0v) is 11.4. The van der Waals surface area contributed by atoms with E-state index in [0.717, 1.165) is 28.1 Å². The van der Waals surface area contributed by atoms with Crippen LogP contribution in [-0.2, 0) is 0 Å². The van der Waals surface area contributed by atoms with Crippen molar-refractivity contribution in [3.05, 3.63) is 66.7 Å². The van der Waals surface area contributed by atoms with Crippen LogP contribution in [0.3, 0.4) is 0 Å². The summed E-state index contributed by atoms with van der Waals surface area (Å²) in [5.74, 6) is 0. The Hall–Kier alpha value is -2.94. The maximum absolute atomic E-state index is 6.17. The summed E-state index contributed by atoms with van der Waals surface area (Å²) in [5.41, 5.74) is 11.0. The number of aromatic amines is 1. The van der Waals surface area contributed by atoms with Gasteiger partial charge in [0.05, 0.1) is 16.9 Å². The monoisotopic (exact) mass is 273 g/mol. The molecule has 21 heavy (non-hydrogen) atoms. The van der Waals surface area contributed by atoms with E-state index in [9.17, 15) is 0 Å². The zero-order valence-electron chi connectivity index (χ0n) is 11.4. The summed E-state index contributed by atoms with van der Waals surface area (Å²) in [6, 6.07) is 22.4. The minimum Gasteiger partial charge on any atom is -0.397 e. The first kappa shape index (κ1) is 11.9. The van der Waals surface area contributed by atoms with Gasteiger partial charge in [0.25, 0.3) is 0 Å². The van der Waals surface area contributed by atoms with E-state index in [1.165, 1.54) is 10.8 Å². The highest BCUT2D eigenvalue weighted by Gasteiger charge is 2.10. The van der Waals surface area contributed by atoms with Crippen LogP contribution in [-0.4, -0.2) is 4.98 Å². The molecular formula is C18H15N3. The number of nitrogens with two attached hydrogens (primary N) is 1. The Labute approximate surface area is 122 Å². The predicted molar refractivity (Wildman–Crippen MR) is 89.9 cm³/mol. The third kappa shape index (κ3) is 1.91. The van der Waals surface area contributed by atoms with Gasteiger partial charge in [-0.25, -0.2) is 0 Å². The maximum Gasteiger partial charge on any atom is 0.0863 e. The summed E-state index contributed by atoms with van der Waals surface area (Å²) in [5, 5.41) is 5.81. The van der Waals surface area contributed by atoms with Gasteiger partial charge in [-0.15, -0.1) is 0 Å². The van der Waals surface area contributed by atoms with Gasteiger partial charge in [-0.1, -0.05) is 42.5 Å². The van der Waals surface area contributed by atoms with E-state index < -0.39 is 0 Å². The van der Waals surface area contributed by atoms with Gasteiger partial charge < -0.3 is 16.0 Å². The number of fused-ring (bicyclic) bond motifs is 3. The van der Waals surface area contributed by atoms with Gasteiger partial charge in [0.2, 0.25) is 0 Å². The van der Waals surface area contributed by atoms with Crippen LogP contribution in [0.15, 0.2) is 66.7 Å². The van der Waals surface area contributed by atoms with Crippen LogP contribution in [0, 0.1) is 0 Å². The lowest BCUT2D eigenvalue weighted by Gasteiger charge is -2.10. The van der Waals surface area contributed by atoms with Crippen LogP contribution >= 0.6 is 0 Å². The van der Waals surface area contributed by atoms with Crippen molar-refractivity contribution in [1.29, 1.82) is 0 Å². The standard InChI is InChI=1S/C18H15N3/c19-15-11-10-14-13-8-4-5-9-16(13)21-17(14)18(15)20-12-6-2-1-3-7-12/h1-11,20-21H,19H2. The highest BCUT2D eigenvalue weighted by Crippen LogP contribution is 2.35. The van der Waals surface area contributed by atoms with Crippen molar-refractivity contribution >= 4 is 38.9 Å². The zero-order chi connectivity index (χ0) is 14.2. The molecule has 3 nitrogen and oxygen atoms in total. The number of hydrogen-bond acceptors (Lipinski definition) is 2. The molecule has 102 valence electrons. The van der Waals surface area contributed by atoms with Crippen molar-refractivity contribution in [2.24, 2.45) is 0 Å². The molecule has 0 atom stereocenters. The maximum atomic E-state index is 6.17. The van der Waals surface area contributed by atoms with Gasteiger partial charge in [-0.05, 0) is 24.3 Å². The summed E-state index contributed by atoms with van der Waals surface area (Å²) >= 11 is 0. The third-order valence-corrected chi connectivity index (χ3v) is 3.76. The van der Waals surface area contributed by atoms with Crippen LogP contribution in [0.2, 0.25) is 0 Å². The number of rotatable bonds is 2. The third-order valence-electron chi connectivity index (χ3n) is 3.76. The van der Waals surface area contributed by atoms with Crippen LogP contribution in [0.4, 0.5) is 17.1 Å². The molecule has 0 saturated carbocycles. The molecule has 0 bridgehead atoms. The number of hydrogen-bond donors (Lipinski definition) is 3. The lowest BCUT2D eigenvalue weighted by atomic mass is 10.1. The van der Waals surface area contributed by atoms with Crippen LogP contribution in [0.1, 0.15) is 0 Å². The molecule has 0 amide bonds. The minimum absolute atomic E-state index is 0.734. The Morgan fingerprint density at radius 1 is 0.762 bits per heavy atom. The first-order chi connectivity index (χ1) is 10.3. The molecule has 4 N–H and O–H groups in total. The van der Waals surface area contributed by atoms with Gasteiger partial charge in [0.1, 0.15) is 0 Å². The van der Waals surface area contributed by atoms with Gasteiger partial charge in [-0.3, -0.25) is 0 Å². The fraction of sp³-hybridized carbons (Fsp3) is 0. The second-order valence-electron chi connectivity index (χ2n) is 5.11. The molecule has 3 aromatic carbocycles. The van der Waals surface area contributed by atoms with E-state index in [0.29, 0.717) is 0 Å². The molecule has 0 unspecified atom stereocenters. The number of nitrogens with one attached hydrogen (secondary N) is 2.